The lowest BCUT2D eigenvalue weighted by Gasteiger charge is -2.41. The van der Waals surface area contributed by atoms with Crippen molar-refractivity contribution < 1.29 is 43.3 Å². The smallest absolute Gasteiger partial charge is 0.326 e. The van der Waals surface area contributed by atoms with Crippen molar-refractivity contribution in [2.24, 2.45) is 23.7 Å². The lowest BCUT2D eigenvalue weighted by Crippen LogP contribution is -2.60. The molecule has 16 heteroatoms. The molecule has 1 aliphatic rings. The van der Waals surface area contributed by atoms with Crippen molar-refractivity contribution in [3.05, 3.63) is 35.9 Å². The maximum absolute atomic E-state index is 14.5. The molecule has 1 aromatic carbocycles. The van der Waals surface area contributed by atoms with E-state index in [9.17, 15) is 33.9 Å². The molecule has 358 valence electrons. The molecule has 3 N–H and O–H groups in total. The average Bonchev–Trinajstić information content (AvgIpc) is 3.74. The Morgan fingerprint density at radius 3 is 2.08 bits per heavy atom. The SMILES string of the molecule is CC[C@@H](C)[C@@H]([C@@H](CC(=O)N1CCC[C@H]1[C@H](OC)[C@@H](C)C(=O)N[C@@H](Cc1ccccc1)C(=O)O)OC)N(C)C(=O)[C@@H](NC(=O)[C@H](C(C)C)N(C)C(=O)CCCCCC(Br)CBr)C(C)C. The Morgan fingerprint density at radius 2 is 1.54 bits per heavy atom. The normalized spacial score (nSPS) is 18.4. The van der Waals surface area contributed by atoms with E-state index >= 15 is 0 Å². The minimum atomic E-state index is -1.15. The molecule has 0 aromatic heterocycles. The first-order valence-corrected chi connectivity index (χ1v) is 24.7. The number of carbonyl (C=O) groups is 6. The number of carbonyl (C=O) groups excluding carboxylic acids is 5. The van der Waals surface area contributed by atoms with Crippen LogP contribution < -0.4 is 10.6 Å². The van der Waals surface area contributed by atoms with Crippen LogP contribution in [0.5, 0.6) is 0 Å². The number of methoxy groups -OCH3 is 2. The van der Waals surface area contributed by atoms with Gasteiger partial charge in [0.15, 0.2) is 0 Å². The summed E-state index contributed by atoms with van der Waals surface area (Å²) in [7, 11) is 6.35. The van der Waals surface area contributed by atoms with E-state index in [0.717, 1.165) is 36.6 Å². The van der Waals surface area contributed by atoms with Gasteiger partial charge < -0.3 is 39.9 Å². The van der Waals surface area contributed by atoms with Gasteiger partial charge in [0, 0.05) is 57.9 Å². The van der Waals surface area contributed by atoms with Crippen LogP contribution in [-0.2, 0) is 44.7 Å². The number of likely N-dealkylation sites (tertiary alicyclic amines) is 1. The fourth-order valence-corrected chi connectivity index (χ4v) is 9.43. The van der Waals surface area contributed by atoms with E-state index in [4.69, 9.17) is 9.47 Å². The summed E-state index contributed by atoms with van der Waals surface area (Å²) in [6.45, 7) is 13.6. The van der Waals surface area contributed by atoms with E-state index in [1.807, 2.05) is 71.9 Å². The Morgan fingerprint density at radius 1 is 0.889 bits per heavy atom. The van der Waals surface area contributed by atoms with Crippen molar-refractivity contribution in [2.45, 2.75) is 160 Å². The van der Waals surface area contributed by atoms with Crippen LogP contribution in [0.25, 0.3) is 0 Å². The number of unbranched alkanes of at least 4 members (excludes halogenated alkanes) is 2. The molecule has 10 atom stereocenters. The first-order chi connectivity index (χ1) is 29.7. The zero-order chi connectivity index (χ0) is 47.6. The van der Waals surface area contributed by atoms with Gasteiger partial charge in [-0.3, -0.25) is 24.0 Å². The number of hydrogen-bond donors (Lipinski definition) is 3. The molecule has 0 saturated carbocycles. The third-order valence-corrected chi connectivity index (χ3v) is 15.1. The van der Waals surface area contributed by atoms with Crippen LogP contribution in [0.4, 0.5) is 0 Å². The zero-order valence-electron chi connectivity index (χ0n) is 39.6. The molecule has 1 unspecified atom stereocenters. The van der Waals surface area contributed by atoms with E-state index in [2.05, 4.69) is 42.5 Å². The summed E-state index contributed by atoms with van der Waals surface area (Å²) in [5, 5.41) is 16.5. The number of ether oxygens (including phenoxy) is 2. The second kappa shape index (κ2) is 28.1. The highest BCUT2D eigenvalue weighted by Gasteiger charge is 2.43. The van der Waals surface area contributed by atoms with Crippen LogP contribution in [0.3, 0.4) is 0 Å². The van der Waals surface area contributed by atoms with Crippen molar-refractivity contribution >= 4 is 67.4 Å². The number of amides is 5. The van der Waals surface area contributed by atoms with E-state index in [1.165, 1.54) is 19.1 Å². The van der Waals surface area contributed by atoms with Gasteiger partial charge in [0.05, 0.1) is 36.6 Å². The lowest BCUT2D eigenvalue weighted by atomic mass is 9.89. The van der Waals surface area contributed by atoms with Crippen molar-refractivity contribution in [1.29, 1.82) is 0 Å². The maximum atomic E-state index is 14.5. The number of nitrogens with zero attached hydrogens (tertiary/aromatic N) is 3. The molecule has 0 radical (unpaired) electrons. The summed E-state index contributed by atoms with van der Waals surface area (Å²) < 4.78 is 11.9. The fraction of sp³-hybridized carbons (Fsp3) is 0.745. The summed E-state index contributed by atoms with van der Waals surface area (Å²) in [5.41, 5.74) is 0.774. The van der Waals surface area contributed by atoms with Gasteiger partial charge >= 0.3 is 5.97 Å². The van der Waals surface area contributed by atoms with Gasteiger partial charge in [-0.25, -0.2) is 4.79 Å². The summed E-state index contributed by atoms with van der Waals surface area (Å²) in [6.07, 6.45) is 4.55. The lowest BCUT2D eigenvalue weighted by molar-refractivity contribution is -0.149. The van der Waals surface area contributed by atoms with Gasteiger partial charge in [-0.05, 0) is 49.0 Å². The Balaban J connectivity index is 2.24. The number of nitrogens with one attached hydrogen (secondary N) is 2. The molecule has 1 aliphatic heterocycles. The number of benzene rings is 1. The monoisotopic (exact) mass is 1010 g/mol. The fourth-order valence-electron chi connectivity index (χ4n) is 8.78. The molecule has 63 heavy (non-hydrogen) atoms. The Hall–Kier alpha value is -3.08. The van der Waals surface area contributed by atoms with Gasteiger partial charge in [0.1, 0.15) is 18.1 Å². The highest BCUT2D eigenvalue weighted by molar-refractivity contribution is 9.12. The van der Waals surface area contributed by atoms with Crippen LogP contribution >= 0.6 is 31.9 Å². The third kappa shape index (κ3) is 16.7. The van der Waals surface area contributed by atoms with E-state index in [1.54, 1.807) is 30.8 Å². The number of carboxylic acid groups (broad SMARTS) is 1. The summed E-state index contributed by atoms with van der Waals surface area (Å²) >= 11 is 7.09. The molecule has 14 nitrogen and oxygen atoms in total. The van der Waals surface area contributed by atoms with E-state index < -0.39 is 66.1 Å². The second-order valence-electron chi connectivity index (χ2n) is 18.0. The van der Waals surface area contributed by atoms with E-state index in [0.29, 0.717) is 37.1 Å². The number of carboxylic acids is 1. The zero-order valence-corrected chi connectivity index (χ0v) is 42.8. The van der Waals surface area contributed by atoms with Crippen LogP contribution in [0, 0.1) is 23.7 Å². The number of rotatable bonds is 28. The van der Waals surface area contributed by atoms with Crippen LogP contribution in [0.1, 0.15) is 112 Å². The van der Waals surface area contributed by atoms with E-state index in [-0.39, 0.29) is 48.3 Å². The second-order valence-corrected chi connectivity index (χ2v) is 19.9. The Labute approximate surface area is 393 Å². The maximum Gasteiger partial charge on any atom is 0.326 e. The molecule has 0 aliphatic carbocycles. The number of alkyl halides is 2. The first kappa shape index (κ1) is 56.1. The van der Waals surface area contributed by atoms with Crippen LogP contribution in [0.15, 0.2) is 30.3 Å². The summed E-state index contributed by atoms with van der Waals surface area (Å²) in [6, 6.07) is 5.24. The number of halogens is 2. The molecule has 1 aromatic rings. The Bertz CT molecular complexity index is 1600. The quantitative estimate of drug-likeness (QED) is 0.0630. The number of aliphatic carboxylic acids is 1. The average molecular weight is 1020 g/mol. The van der Waals surface area contributed by atoms with Crippen LogP contribution in [-0.4, -0.2) is 143 Å². The minimum Gasteiger partial charge on any atom is -0.480 e. The summed E-state index contributed by atoms with van der Waals surface area (Å²) in [4.78, 5) is 87.2. The molecule has 2 rings (SSSR count). The first-order valence-electron chi connectivity index (χ1n) is 22.7. The van der Waals surface area contributed by atoms with Crippen molar-refractivity contribution in [3.8, 4) is 0 Å². The highest BCUT2D eigenvalue weighted by Crippen LogP contribution is 2.30. The standard InChI is InChI=1S/C47H77Br2N5O9/c1-12-31(6)42(53(9)46(59)40(29(2)3)51-45(58)41(30(4)5)52(8)38(55)24-18-14-17-22-34(49)28-48)37(62-10)27-39(56)54-25-19-23-36(54)43(63-11)32(7)44(57)50-35(47(60)61)26-33-20-15-13-16-21-33/h13,15-16,20-21,29-32,34-37,40-43H,12,14,17-19,22-28H2,1-11H3,(H,50,57)(H,51,58)(H,60,61)/t31-,32-,34?,35+,36+,37-,40+,41+,42+,43-/m1/s1. The number of likely N-dealkylation sites (N-methyl/N-ethyl adjacent to an activating group) is 2. The molecule has 0 bridgehead atoms. The molecule has 1 saturated heterocycles. The molecule has 1 heterocycles. The topological polar surface area (TPSA) is 175 Å². The van der Waals surface area contributed by atoms with Gasteiger partial charge in [-0.1, -0.05) is 130 Å². The van der Waals surface area contributed by atoms with Crippen molar-refractivity contribution in [2.75, 3.05) is 40.2 Å². The number of hydrogen-bond acceptors (Lipinski definition) is 8. The predicted octanol–water partition coefficient (Wildman–Crippen LogP) is 6.45. The minimum absolute atomic E-state index is 0.0525. The van der Waals surface area contributed by atoms with Gasteiger partial charge in [-0.2, -0.15) is 0 Å². The predicted molar refractivity (Wildman–Crippen MR) is 254 cm³/mol. The van der Waals surface area contributed by atoms with Gasteiger partial charge in [0.25, 0.3) is 0 Å². The van der Waals surface area contributed by atoms with Gasteiger partial charge in [0.2, 0.25) is 29.5 Å². The third-order valence-electron chi connectivity index (χ3n) is 12.7. The van der Waals surface area contributed by atoms with Gasteiger partial charge in [-0.15, -0.1) is 0 Å². The summed E-state index contributed by atoms with van der Waals surface area (Å²) in [5.74, 6) is -4.08. The largest absolute Gasteiger partial charge is 0.480 e. The van der Waals surface area contributed by atoms with Crippen molar-refractivity contribution in [3.63, 3.8) is 0 Å². The molecule has 5 amide bonds. The molecule has 0 spiro atoms. The van der Waals surface area contributed by atoms with Crippen molar-refractivity contribution in [1.82, 2.24) is 25.3 Å². The highest BCUT2D eigenvalue weighted by atomic mass is 79.9. The Kier molecular flexibility index (Phi) is 25.0. The molecular formula is C47H77Br2N5O9. The molecular weight excluding hydrogens is 938 g/mol. The van der Waals surface area contributed by atoms with Crippen LogP contribution in [0.2, 0.25) is 0 Å². The molecule has 1 fully saturated rings.